The first-order valence-electron chi connectivity index (χ1n) is 6.21. The van der Waals surface area contributed by atoms with Crippen molar-refractivity contribution < 1.29 is 0 Å². The predicted molar refractivity (Wildman–Crippen MR) is 88.9 cm³/mol. The predicted octanol–water partition coefficient (Wildman–Crippen LogP) is 5.70. The van der Waals surface area contributed by atoms with Crippen LogP contribution in [-0.4, -0.2) is 4.98 Å². The molecule has 0 aliphatic rings. The largest absolute Gasteiger partial charge is 0.355 e. The minimum Gasteiger partial charge on any atom is -0.355 e. The van der Waals surface area contributed by atoms with E-state index in [1.54, 1.807) is 0 Å². The first kappa shape index (κ1) is 13.4. The van der Waals surface area contributed by atoms with Crippen molar-refractivity contribution in [2.24, 2.45) is 0 Å². The van der Waals surface area contributed by atoms with Gasteiger partial charge in [-0.3, -0.25) is 4.98 Å². The molecule has 2 nitrogen and oxygen atoms in total. The number of benzene rings is 2. The molecule has 0 aliphatic carbocycles. The molecular formula is C16H12BrClN2. The summed E-state index contributed by atoms with van der Waals surface area (Å²) in [5.41, 5.74) is 4.15. The number of pyridine rings is 1. The summed E-state index contributed by atoms with van der Waals surface area (Å²) in [6, 6.07) is 13.9. The lowest BCUT2D eigenvalue weighted by atomic mass is 10.1. The summed E-state index contributed by atoms with van der Waals surface area (Å²) >= 11 is 9.46. The molecule has 20 heavy (non-hydrogen) atoms. The zero-order valence-corrected chi connectivity index (χ0v) is 13.2. The third-order valence-electron chi connectivity index (χ3n) is 3.16. The average Bonchev–Trinajstić information content (AvgIpc) is 2.41. The number of rotatable bonds is 2. The molecule has 0 spiro atoms. The van der Waals surface area contributed by atoms with Crippen molar-refractivity contribution in [2.75, 3.05) is 5.32 Å². The van der Waals surface area contributed by atoms with Crippen molar-refractivity contribution in [1.29, 1.82) is 0 Å². The van der Waals surface area contributed by atoms with E-state index in [1.807, 2.05) is 49.5 Å². The number of halogens is 2. The smallest absolute Gasteiger partial charge is 0.0734 e. The Balaban J connectivity index is 2.06. The van der Waals surface area contributed by atoms with E-state index in [4.69, 9.17) is 11.6 Å². The van der Waals surface area contributed by atoms with Crippen LogP contribution in [0.3, 0.4) is 0 Å². The van der Waals surface area contributed by atoms with Gasteiger partial charge >= 0.3 is 0 Å². The van der Waals surface area contributed by atoms with Crippen molar-refractivity contribution in [1.82, 2.24) is 4.98 Å². The molecule has 0 atom stereocenters. The number of aromatic nitrogens is 1. The number of anilines is 2. The van der Waals surface area contributed by atoms with Crippen molar-refractivity contribution in [3.8, 4) is 0 Å². The zero-order chi connectivity index (χ0) is 14.1. The van der Waals surface area contributed by atoms with Crippen LogP contribution in [0, 0.1) is 6.92 Å². The van der Waals surface area contributed by atoms with Gasteiger partial charge in [-0.25, -0.2) is 0 Å². The molecule has 2 aromatic carbocycles. The minimum absolute atomic E-state index is 0.747. The van der Waals surface area contributed by atoms with E-state index in [-0.39, 0.29) is 0 Å². The molecule has 0 fully saturated rings. The molecule has 4 heteroatoms. The van der Waals surface area contributed by atoms with E-state index in [0.717, 1.165) is 37.3 Å². The lowest BCUT2D eigenvalue weighted by Crippen LogP contribution is -1.94. The molecule has 1 N–H and O–H groups in total. The maximum absolute atomic E-state index is 5.99. The van der Waals surface area contributed by atoms with Crippen LogP contribution in [-0.2, 0) is 0 Å². The summed E-state index contributed by atoms with van der Waals surface area (Å²) in [7, 11) is 0. The molecule has 0 radical (unpaired) electrons. The summed E-state index contributed by atoms with van der Waals surface area (Å²) in [5, 5.41) is 5.28. The summed E-state index contributed by atoms with van der Waals surface area (Å²) in [6.45, 7) is 2.04. The van der Waals surface area contributed by atoms with Crippen LogP contribution in [0.4, 0.5) is 11.4 Å². The van der Waals surface area contributed by atoms with Gasteiger partial charge in [0.15, 0.2) is 0 Å². The summed E-state index contributed by atoms with van der Waals surface area (Å²) in [4.78, 5) is 4.39. The Morgan fingerprint density at radius 2 is 1.90 bits per heavy atom. The normalized spacial score (nSPS) is 10.8. The second-order valence-corrected chi connectivity index (χ2v) is 5.96. The van der Waals surface area contributed by atoms with E-state index >= 15 is 0 Å². The Morgan fingerprint density at radius 3 is 2.70 bits per heavy atom. The lowest BCUT2D eigenvalue weighted by Gasteiger charge is -2.12. The summed E-state index contributed by atoms with van der Waals surface area (Å²) in [5.74, 6) is 0. The van der Waals surface area contributed by atoms with Crippen LogP contribution in [0.25, 0.3) is 10.9 Å². The van der Waals surface area contributed by atoms with Gasteiger partial charge in [-0.1, -0.05) is 27.5 Å². The van der Waals surface area contributed by atoms with Crippen LogP contribution >= 0.6 is 27.5 Å². The second-order valence-electron chi connectivity index (χ2n) is 4.60. The van der Waals surface area contributed by atoms with Crippen LogP contribution in [0.15, 0.2) is 53.1 Å². The fourth-order valence-corrected chi connectivity index (χ4v) is 2.72. The highest BCUT2D eigenvalue weighted by Crippen LogP contribution is 2.29. The molecular weight excluding hydrogens is 336 g/mol. The standard InChI is InChI=1S/C16H12BrClN2/c1-10-8-12(18)3-5-14(10)20-15-6-7-19-16-9-11(17)2-4-13(15)16/h2-9H,1H3,(H,19,20). The molecule has 0 aliphatic heterocycles. The number of hydrogen-bond donors (Lipinski definition) is 1. The minimum atomic E-state index is 0.747. The number of hydrogen-bond acceptors (Lipinski definition) is 2. The second kappa shape index (κ2) is 5.43. The lowest BCUT2D eigenvalue weighted by molar-refractivity contribution is 1.39. The van der Waals surface area contributed by atoms with Gasteiger partial charge in [0.1, 0.15) is 0 Å². The van der Waals surface area contributed by atoms with Gasteiger partial charge in [0, 0.05) is 32.5 Å². The number of nitrogens with one attached hydrogen (secondary N) is 1. The van der Waals surface area contributed by atoms with Crippen molar-refractivity contribution in [3.63, 3.8) is 0 Å². The van der Waals surface area contributed by atoms with E-state index in [2.05, 4.69) is 32.3 Å². The number of fused-ring (bicyclic) bond motifs is 1. The van der Waals surface area contributed by atoms with Gasteiger partial charge in [-0.05, 0) is 55.0 Å². The number of nitrogens with zero attached hydrogens (tertiary/aromatic N) is 1. The highest BCUT2D eigenvalue weighted by atomic mass is 79.9. The Bertz CT molecular complexity index is 787. The van der Waals surface area contributed by atoms with Crippen molar-refractivity contribution in [2.45, 2.75) is 6.92 Å². The van der Waals surface area contributed by atoms with E-state index in [9.17, 15) is 0 Å². The van der Waals surface area contributed by atoms with Crippen molar-refractivity contribution >= 4 is 49.8 Å². The van der Waals surface area contributed by atoms with E-state index in [1.165, 1.54) is 0 Å². The Hall–Kier alpha value is -1.58. The van der Waals surface area contributed by atoms with Gasteiger partial charge in [0.05, 0.1) is 5.52 Å². The first-order valence-corrected chi connectivity index (χ1v) is 7.38. The van der Waals surface area contributed by atoms with Crippen LogP contribution < -0.4 is 5.32 Å². The third kappa shape index (κ3) is 2.65. The van der Waals surface area contributed by atoms with Gasteiger partial charge in [0.2, 0.25) is 0 Å². The molecule has 0 amide bonds. The quantitative estimate of drug-likeness (QED) is 0.643. The summed E-state index contributed by atoms with van der Waals surface area (Å²) in [6.07, 6.45) is 1.81. The molecule has 3 rings (SSSR count). The molecule has 0 bridgehead atoms. The molecule has 0 saturated heterocycles. The van der Waals surface area contributed by atoms with E-state index < -0.39 is 0 Å². The van der Waals surface area contributed by atoms with Crippen molar-refractivity contribution in [3.05, 3.63) is 63.7 Å². The van der Waals surface area contributed by atoms with E-state index in [0.29, 0.717) is 0 Å². The zero-order valence-electron chi connectivity index (χ0n) is 10.8. The van der Waals surface area contributed by atoms with Gasteiger partial charge in [0.25, 0.3) is 0 Å². The molecule has 100 valence electrons. The Kier molecular flexibility index (Phi) is 3.64. The molecule has 3 aromatic rings. The van der Waals surface area contributed by atoms with Gasteiger partial charge in [-0.15, -0.1) is 0 Å². The summed E-state index contributed by atoms with van der Waals surface area (Å²) < 4.78 is 1.03. The highest BCUT2D eigenvalue weighted by Gasteiger charge is 2.05. The van der Waals surface area contributed by atoms with Crippen LogP contribution in [0.5, 0.6) is 0 Å². The Morgan fingerprint density at radius 1 is 1.05 bits per heavy atom. The first-order chi connectivity index (χ1) is 9.63. The Labute approximate surface area is 130 Å². The maximum Gasteiger partial charge on any atom is 0.0734 e. The fourth-order valence-electron chi connectivity index (χ4n) is 2.14. The third-order valence-corrected chi connectivity index (χ3v) is 3.89. The molecule has 0 unspecified atom stereocenters. The topological polar surface area (TPSA) is 24.9 Å². The highest BCUT2D eigenvalue weighted by molar-refractivity contribution is 9.10. The van der Waals surface area contributed by atoms with Crippen LogP contribution in [0.2, 0.25) is 5.02 Å². The van der Waals surface area contributed by atoms with Gasteiger partial charge in [-0.2, -0.15) is 0 Å². The monoisotopic (exact) mass is 346 g/mol. The number of aryl methyl sites for hydroxylation is 1. The molecule has 1 aromatic heterocycles. The molecule has 0 saturated carbocycles. The fraction of sp³-hybridized carbons (Fsp3) is 0.0625. The SMILES string of the molecule is Cc1cc(Cl)ccc1Nc1ccnc2cc(Br)ccc12. The van der Waals surface area contributed by atoms with Crippen LogP contribution in [0.1, 0.15) is 5.56 Å². The van der Waals surface area contributed by atoms with Gasteiger partial charge < -0.3 is 5.32 Å². The average molecular weight is 348 g/mol. The maximum atomic E-state index is 5.99. The molecule has 1 heterocycles.